The van der Waals surface area contributed by atoms with E-state index < -0.39 is 8.32 Å². The zero-order valence-electron chi connectivity index (χ0n) is 19.2. The third-order valence-corrected chi connectivity index (χ3v) is 11.5. The third-order valence-electron chi connectivity index (χ3n) is 5.52. The van der Waals surface area contributed by atoms with Crippen molar-refractivity contribution in [1.82, 2.24) is 0 Å². The minimum absolute atomic E-state index is 0.0361. The van der Waals surface area contributed by atoms with Crippen LogP contribution in [0.1, 0.15) is 69.6 Å². The van der Waals surface area contributed by atoms with Gasteiger partial charge in [0.05, 0.1) is 11.4 Å². The van der Waals surface area contributed by atoms with E-state index in [9.17, 15) is 0 Å². The van der Waals surface area contributed by atoms with E-state index in [1.54, 1.807) is 0 Å². The van der Waals surface area contributed by atoms with Crippen LogP contribution in [0.2, 0.25) is 18.1 Å². The summed E-state index contributed by atoms with van der Waals surface area (Å²) in [5.41, 5.74) is 3.91. The summed E-state index contributed by atoms with van der Waals surface area (Å²) in [7, 11) is -1.95. The summed E-state index contributed by atoms with van der Waals surface area (Å²) in [6.07, 6.45) is 0.0361. The molecule has 0 radical (unpaired) electrons. The molecule has 0 aromatic heterocycles. The lowest BCUT2D eigenvalue weighted by molar-refractivity contribution is 0.180. The second-order valence-electron chi connectivity index (χ2n) is 10.3. The van der Waals surface area contributed by atoms with Crippen LogP contribution in [0.3, 0.4) is 0 Å². The summed E-state index contributed by atoms with van der Waals surface area (Å²) >= 11 is 2.01. The molecule has 28 heavy (non-hydrogen) atoms. The van der Waals surface area contributed by atoms with Crippen LogP contribution < -0.4 is 0 Å². The van der Waals surface area contributed by atoms with Gasteiger partial charge in [0.2, 0.25) is 0 Å². The molecule has 0 unspecified atom stereocenters. The lowest BCUT2D eigenvalue weighted by Gasteiger charge is -2.42. The maximum absolute atomic E-state index is 7.10. The van der Waals surface area contributed by atoms with Crippen molar-refractivity contribution >= 4 is 20.1 Å². The van der Waals surface area contributed by atoms with Crippen LogP contribution in [0.15, 0.2) is 54.6 Å². The molecule has 0 fully saturated rings. The average molecular weight is 415 g/mol. The van der Waals surface area contributed by atoms with Crippen molar-refractivity contribution in [2.24, 2.45) is 0 Å². The topological polar surface area (TPSA) is 9.23 Å². The molecule has 3 heteroatoms. The van der Waals surface area contributed by atoms with Gasteiger partial charge in [-0.2, -0.15) is 0 Å². The van der Waals surface area contributed by atoms with E-state index in [1.165, 1.54) is 16.7 Å². The molecule has 154 valence electrons. The fourth-order valence-corrected chi connectivity index (χ4v) is 5.63. The van der Waals surface area contributed by atoms with E-state index in [0.717, 1.165) is 0 Å². The maximum atomic E-state index is 7.10. The molecule has 0 bridgehead atoms. The summed E-state index contributed by atoms with van der Waals surface area (Å²) < 4.78 is 7.24. The van der Waals surface area contributed by atoms with Crippen LogP contribution in [0.5, 0.6) is 0 Å². The standard InChI is InChI=1S/C25H38OSSi/c1-19-15-17-21(18-16-19)23(27-24(2,3)4)22(20-13-11-10-12-14-20)26-28(8,9)25(5,6)7/h10-18,22-23H,1-9H3/t22-,23+/m1/s1. The Hall–Kier alpha value is -1.03. The first kappa shape index (κ1) is 23.2. The highest BCUT2D eigenvalue weighted by molar-refractivity contribution is 8.00. The molecular formula is C25H38OSSi. The van der Waals surface area contributed by atoms with E-state index in [2.05, 4.69) is 116 Å². The van der Waals surface area contributed by atoms with E-state index in [-0.39, 0.29) is 21.1 Å². The smallest absolute Gasteiger partial charge is 0.192 e. The van der Waals surface area contributed by atoms with E-state index in [0.29, 0.717) is 0 Å². The molecule has 2 rings (SSSR count). The molecule has 0 heterocycles. The largest absolute Gasteiger partial charge is 0.408 e. The van der Waals surface area contributed by atoms with E-state index in [4.69, 9.17) is 4.43 Å². The molecule has 0 amide bonds. The van der Waals surface area contributed by atoms with Crippen molar-refractivity contribution in [3.8, 4) is 0 Å². The minimum Gasteiger partial charge on any atom is -0.408 e. The van der Waals surface area contributed by atoms with Gasteiger partial charge in [0.1, 0.15) is 0 Å². The first-order valence-electron chi connectivity index (χ1n) is 10.3. The molecule has 0 aliphatic heterocycles. The van der Waals surface area contributed by atoms with Crippen LogP contribution in [0.4, 0.5) is 0 Å². The lowest BCUT2D eigenvalue weighted by Crippen LogP contribution is -2.42. The Balaban J connectivity index is 2.56. The zero-order chi connectivity index (χ0) is 21.2. The predicted molar refractivity (Wildman–Crippen MR) is 129 cm³/mol. The highest BCUT2D eigenvalue weighted by Crippen LogP contribution is 2.51. The normalized spacial score (nSPS) is 15.3. The van der Waals surface area contributed by atoms with Gasteiger partial charge in [-0.25, -0.2) is 0 Å². The van der Waals surface area contributed by atoms with Crippen molar-refractivity contribution in [3.63, 3.8) is 0 Å². The first-order chi connectivity index (χ1) is 12.8. The Morgan fingerprint density at radius 3 is 1.79 bits per heavy atom. The number of aryl methyl sites for hydroxylation is 1. The molecule has 0 saturated heterocycles. The van der Waals surface area contributed by atoms with Crippen molar-refractivity contribution in [1.29, 1.82) is 0 Å². The van der Waals surface area contributed by atoms with Crippen LogP contribution in [0.25, 0.3) is 0 Å². The molecule has 0 spiro atoms. The quantitative estimate of drug-likeness (QED) is 0.439. The van der Waals surface area contributed by atoms with Gasteiger partial charge in [0.25, 0.3) is 0 Å². The third kappa shape index (κ3) is 6.23. The molecular weight excluding hydrogens is 376 g/mol. The average Bonchev–Trinajstić information content (AvgIpc) is 2.58. The van der Waals surface area contributed by atoms with Crippen molar-refractivity contribution in [3.05, 3.63) is 71.3 Å². The van der Waals surface area contributed by atoms with Crippen molar-refractivity contribution in [2.45, 2.75) is 82.7 Å². The van der Waals surface area contributed by atoms with Crippen molar-refractivity contribution < 1.29 is 4.43 Å². The Morgan fingerprint density at radius 2 is 1.32 bits per heavy atom. The highest BCUT2D eigenvalue weighted by atomic mass is 32.2. The summed E-state index contributed by atoms with van der Waals surface area (Å²) in [6, 6.07) is 19.8. The van der Waals surface area contributed by atoms with Gasteiger partial charge in [-0.3, -0.25) is 0 Å². The molecule has 0 saturated carbocycles. The predicted octanol–water partition coefficient (Wildman–Crippen LogP) is 8.33. The van der Waals surface area contributed by atoms with Crippen LogP contribution >= 0.6 is 11.8 Å². The van der Waals surface area contributed by atoms with Gasteiger partial charge in [0.15, 0.2) is 8.32 Å². The highest BCUT2D eigenvalue weighted by Gasteiger charge is 2.42. The molecule has 1 nitrogen and oxygen atoms in total. The Morgan fingerprint density at radius 1 is 0.786 bits per heavy atom. The van der Waals surface area contributed by atoms with Gasteiger partial charge in [-0.1, -0.05) is 102 Å². The summed E-state index contributed by atoms with van der Waals surface area (Å²) in [4.78, 5) is 0. The molecule has 2 atom stereocenters. The molecule has 0 N–H and O–H groups in total. The second kappa shape index (κ2) is 8.77. The number of thioether (sulfide) groups is 1. The van der Waals surface area contributed by atoms with Crippen LogP contribution in [0, 0.1) is 6.92 Å². The number of hydrogen-bond donors (Lipinski definition) is 0. The molecule has 2 aromatic carbocycles. The summed E-state index contributed by atoms with van der Waals surface area (Å²) in [5, 5.41) is 0.418. The summed E-state index contributed by atoms with van der Waals surface area (Å²) in [5.74, 6) is 0. The Labute approximate surface area is 178 Å². The van der Waals surface area contributed by atoms with Crippen LogP contribution in [-0.2, 0) is 4.43 Å². The zero-order valence-corrected chi connectivity index (χ0v) is 21.0. The number of hydrogen-bond acceptors (Lipinski definition) is 2. The van der Waals surface area contributed by atoms with Gasteiger partial charge >= 0.3 is 0 Å². The fraction of sp³-hybridized carbons (Fsp3) is 0.520. The Kier molecular flexibility index (Phi) is 7.28. The Bertz CT molecular complexity index is 739. The van der Waals surface area contributed by atoms with Gasteiger partial charge in [-0.05, 0) is 36.2 Å². The van der Waals surface area contributed by atoms with E-state index in [1.807, 2.05) is 11.8 Å². The lowest BCUT2D eigenvalue weighted by atomic mass is 10.00. The first-order valence-corrected chi connectivity index (χ1v) is 14.1. The maximum Gasteiger partial charge on any atom is 0.192 e. The SMILES string of the molecule is Cc1ccc([C@H](SC(C)(C)C)[C@H](O[Si](C)(C)C(C)(C)C)c2ccccc2)cc1. The van der Waals surface area contributed by atoms with Gasteiger partial charge in [-0.15, -0.1) is 11.8 Å². The van der Waals surface area contributed by atoms with Crippen LogP contribution in [-0.4, -0.2) is 13.1 Å². The van der Waals surface area contributed by atoms with Crippen molar-refractivity contribution in [2.75, 3.05) is 0 Å². The number of benzene rings is 2. The summed E-state index contributed by atoms with van der Waals surface area (Å²) in [6.45, 7) is 20.7. The van der Waals surface area contributed by atoms with Gasteiger partial charge < -0.3 is 4.43 Å². The van der Waals surface area contributed by atoms with E-state index >= 15 is 0 Å². The molecule has 2 aromatic rings. The molecule has 0 aliphatic rings. The minimum atomic E-state index is -1.95. The monoisotopic (exact) mass is 414 g/mol. The second-order valence-corrected chi connectivity index (χ2v) is 17.0. The number of rotatable bonds is 6. The molecule has 0 aliphatic carbocycles. The van der Waals surface area contributed by atoms with Gasteiger partial charge in [0, 0.05) is 4.75 Å². The fourth-order valence-electron chi connectivity index (χ4n) is 2.88.